The third-order valence-corrected chi connectivity index (χ3v) is 5.34. The van der Waals surface area contributed by atoms with Gasteiger partial charge >= 0.3 is 5.97 Å². The van der Waals surface area contributed by atoms with Gasteiger partial charge in [0, 0.05) is 19.9 Å². The zero-order valence-corrected chi connectivity index (χ0v) is 15.5. The van der Waals surface area contributed by atoms with Gasteiger partial charge in [0.1, 0.15) is 5.57 Å². The molecule has 7 heteroatoms. The van der Waals surface area contributed by atoms with Crippen molar-refractivity contribution in [2.45, 2.75) is 51.4 Å². The molecule has 132 valence electrons. The number of likely N-dealkylation sites (tertiary alicyclic amines) is 1. The van der Waals surface area contributed by atoms with Gasteiger partial charge in [0.25, 0.3) is 11.7 Å². The number of Topliss-reactive ketones (excluding diaryl/α,β-unsaturated/α-hetero) is 1. The third-order valence-electron chi connectivity index (χ3n) is 4.68. The summed E-state index contributed by atoms with van der Waals surface area (Å²) in [4.78, 5) is 27.3. The van der Waals surface area contributed by atoms with Gasteiger partial charge in [-0.3, -0.25) is 9.69 Å². The Bertz CT molecular complexity index is 616. The van der Waals surface area contributed by atoms with E-state index >= 15 is 0 Å². The zero-order chi connectivity index (χ0) is 17.5. The van der Waals surface area contributed by atoms with E-state index in [0.717, 1.165) is 25.9 Å². The predicted octanol–water partition coefficient (Wildman–Crippen LogP) is 2.79. The predicted molar refractivity (Wildman–Crippen MR) is 90.2 cm³/mol. The molecule has 24 heavy (non-hydrogen) atoms. The van der Waals surface area contributed by atoms with Crippen molar-refractivity contribution in [2.75, 3.05) is 13.1 Å². The number of ketones is 1. The monoisotopic (exact) mass is 399 g/mol. The van der Waals surface area contributed by atoms with Gasteiger partial charge in [-0.2, -0.15) is 0 Å². The maximum absolute atomic E-state index is 12.6. The summed E-state index contributed by atoms with van der Waals surface area (Å²) in [6, 6.07) is -0.278. The van der Waals surface area contributed by atoms with E-state index in [2.05, 4.69) is 20.8 Å². The Morgan fingerprint density at radius 2 is 1.79 bits per heavy atom. The van der Waals surface area contributed by atoms with Gasteiger partial charge in [0.15, 0.2) is 5.78 Å². The van der Waals surface area contributed by atoms with Gasteiger partial charge in [-0.25, -0.2) is 4.79 Å². The fraction of sp³-hybridized carbons (Fsp3) is 0.647. The van der Waals surface area contributed by atoms with E-state index in [0.29, 0.717) is 4.48 Å². The first-order valence-electron chi connectivity index (χ1n) is 8.31. The Labute approximate surface area is 149 Å². The SMILES string of the molecule is CC1(C)OC(=O)C([C@@H]2C(=O)C(Br)=C[C@@H]2N2CCCCCC2)=C(O)O1. The van der Waals surface area contributed by atoms with Gasteiger partial charge in [-0.1, -0.05) is 12.8 Å². The number of aliphatic hydroxyl groups excluding tert-OH is 1. The van der Waals surface area contributed by atoms with Crippen molar-refractivity contribution < 1.29 is 24.2 Å². The van der Waals surface area contributed by atoms with E-state index in [1.807, 2.05) is 6.08 Å². The number of halogens is 1. The average molecular weight is 400 g/mol. The number of allylic oxidation sites excluding steroid dienone is 1. The first-order valence-corrected chi connectivity index (χ1v) is 9.10. The summed E-state index contributed by atoms with van der Waals surface area (Å²) < 4.78 is 11.0. The maximum atomic E-state index is 12.6. The van der Waals surface area contributed by atoms with Crippen molar-refractivity contribution in [3.05, 3.63) is 22.1 Å². The van der Waals surface area contributed by atoms with E-state index in [1.165, 1.54) is 26.7 Å². The fourth-order valence-electron chi connectivity index (χ4n) is 3.58. The van der Waals surface area contributed by atoms with Crippen LogP contribution in [0.15, 0.2) is 22.1 Å². The maximum Gasteiger partial charge on any atom is 0.345 e. The first-order chi connectivity index (χ1) is 11.3. The summed E-state index contributed by atoms with van der Waals surface area (Å²) in [6.07, 6.45) is 6.27. The van der Waals surface area contributed by atoms with Crippen molar-refractivity contribution in [3.63, 3.8) is 0 Å². The molecule has 0 aromatic heterocycles. The number of hydrogen-bond acceptors (Lipinski definition) is 6. The Morgan fingerprint density at radius 1 is 1.17 bits per heavy atom. The van der Waals surface area contributed by atoms with E-state index in [-0.39, 0.29) is 17.4 Å². The second kappa shape index (κ2) is 6.52. The van der Waals surface area contributed by atoms with Crippen molar-refractivity contribution in [3.8, 4) is 0 Å². The minimum absolute atomic E-state index is 0.0840. The number of carbonyl (C=O) groups is 2. The normalized spacial score (nSPS) is 31.4. The molecule has 3 aliphatic rings. The van der Waals surface area contributed by atoms with Crippen LogP contribution in [-0.4, -0.2) is 46.7 Å². The number of ether oxygens (including phenoxy) is 2. The molecule has 1 fully saturated rings. The second-order valence-corrected chi connectivity index (χ2v) is 7.76. The second-order valence-electron chi connectivity index (χ2n) is 6.91. The van der Waals surface area contributed by atoms with Crippen LogP contribution in [0.5, 0.6) is 0 Å². The van der Waals surface area contributed by atoms with Gasteiger partial charge in [0.05, 0.1) is 10.4 Å². The number of aliphatic hydroxyl groups is 1. The summed E-state index contributed by atoms with van der Waals surface area (Å²) in [6.45, 7) is 4.80. The third kappa shape index (κ3) is 3.24. The lowest BCUT2D eigenvalue weighted by molar-refractivity contribution is -0.223. The Kier molecular flexibility index (Phi) is 4.75. The molecule has 0 aromatic rings. The van der Waals surface area contributed by atoms with E-state index < -0.39 is 23.6 Å². The molecule has 0 amide bonds. The van der Waals surface area contributed by atoms with Gasteiger partial charge in [0.2, 0.25) is 0 Å². The van der Waals surface area contributed by atoms with Crippen LogP contribution < -0.4 is 0 Å². The molecule has 0 bridgehead atoms. The highest BCUT2D eigenvalue weighted by molar-refractivity contribution is 9.12. The molecule has 1 N–H and O–H groups in total. The minimum Gasteiger partial charge on any atom is -0.480 e. The highest BCUT2D eigenvalue weighted by Crippen LogP contribution is 2.39. The van der Waals surface area contributed by atoms with Crippen LogP contribution in [-0.2, 0) is 19.1 Å². The number of cyclic esters (lactones) is 1. The summed E-state index contributed by atoms with van der Waals surface area (Å²) in [5.74, 6) is -3.48. The number of hydrogen-bond donors (Lipinski definition) is 1. The van der Waals surface area contributed by atoms with Crippen LogP contribution in [0.2, 0.25) is 0 Å². The van der Waals surface area contributed by atoms with E-state index in [1.54, 1.807) is 0 Å². The molecule has 0 unspecified atom stereocenters. The van der Waals surface area contributed by atoms with Crippen molar-refractivity contribution in [1.29, 1.82) is 0 Å². The number of rotatable bonds is 2. The van der Waals surface area contributed by atoms with Crippen LogP contribution in [0.4, 0.5) is 0 Å². The molecular weight excluding hydrogens is 378 g/mol. The number of esters is 1. The van der Waals surface area contributed by atoms with Crippen molar-refractivity contribution in [1.82, 2.24) is 4.90 Å². The molecule has 1 saturated heterocycles. The van der Waals surface area contributed by atoms with Gasteiger partial charge in [-0.05, 0) is 47.9 Å². The molecular formula is C17H22BrNO5. The fourth-order valence-corrected chi connectivity index (χ4v) is 4.09. The molecule has 0 radical (unpaired) electrons. The lowest BCUT2D eigenvalue weighted by Crippen LogP contribution is -2.46. The summed E-state index contributed by atoms with van der Waals surface area (Å²) in [5, 5.41) is 10.3. The van der Waals surface area contributed by atoms with E-state index in [4.69, 9.17) is 9.47 Å². The number of nitrogens with zero attached hydrogens (tertiary/aromatic N) is 1. The largest absolute Gasteiger partial charge is 0.480 e. The summed E-state index contributed by atoms with van der Waals surface area (Å²) in [5.41, 5.74) is -0.0840. The van der Waals surface area contributed by atoms with Gasteiger partial charge in [-0.15, -0.1) is 0 Å². The lowest BCUT2D eigenvalue weighted by Gasteiger charge is -2.35. The zero-order valence-electron chi connectivity index (χ0n) is 13.9. The molecule has 2 heterocycles. The first kappa shape index (κ1) is 17.5. The highest BCUT2D eigenvalue weighted by atomic mass is 79.9. The molecule has 0 saturated carbocycles. The van der Waals surface area contributed by atoms with Crippen LogP contribution in [0.25, 0.3) is 0 Å². The molecule has 6 nitrogen and oxygen atoms in total. The van der Waals surface area contributed by atoms with E-state index in [9.17, 15) is 14.7 Å². The van der Waals surface area contributed by atoms with Crippen molar-refractivity contribution in [2.24, 2.45) is 5.92 Å². The quantitative estimate of drug-likeness (QED) is 0.719. The summed E-state index contributed by atoms with van der Waals surface area (Å²) in [7, 11) is 0. The van der Waals surface area contributed by atoms with Crippen LogP contribution >= 0.6 is 15.9 Å². The molecule has 0 spiro atoms. The van der Waals surface area contributed by atoms with Crippen LogP contribution in [0, 0.1) is 5.92 Å². The Balaban J connectivity index is 1.95. The average Bonchev–Trinajstić information content (AvgIpc) is 2.69. The molecule has 3 rings (SSSR count). The standard InChI is InChI=1S/C17H22BrNO5/c1-17(2)23-15(21)13(16(22)24-17)12-11(9-10(18)14(12)20)19-7-5-3-4-6-8-19/h9,11-12,21H,3-8H2,1-2H3/t11-,12+/m0/s1. The topological polar surface area (TPSA) is 76.1 Å². The highest BCUT2D eigenvalue weighted by Gasteiger charge is 2.49. The number of carbonyl (C=O) groups excluding carboxylic acids is 2. The molecule has 1 aliphatic carbocycles. The molecule has 2 aliphatic heterocycles. The Hall–Kier alpha value is -1.34. The smallest absolute Gasteiger partial charge is 0.345 e. The van der Waals surface area contributed by atoms with Gasteiger partial charge < -0.3 is 14.6 Å². The minimum atomic E-state index is -1.24. The molecule has 2 atom stereocenters. The Morgan fingerprint density at radius 3 is 2.38 bits per heavy atom. The molecule has 0 aromatic carbocycles. The van der Waals surface area contributed by atoms with Crippen LogP contribution in [0.3, 0.4) is 0 Å². The lowest BCUT2D eigenvalue weighted by atomic mass is 9.90. The van der Waals surface area contributed by atoms with Crippen LogP contribution in [0.1, 0.15) is 39.5 Å². The summed E-state index contributed by atoms with van der Waals surface area (Å²) >= 11 is 3.29. The van der Waals surface area contributed by atoms with Crippen molar-refractivity contribution >= 4 is 27.7 Å².